The number of hydrogen-bond acceptors (Lipinski definition) is 3. The number of benzene rings is 2. The number of nitrogens with one attached hydrogen (secondary N) is 1. The molecule has 1 fully saturated rings. The molecule has 1 aromatic heterocycles. The lowest BCUT2D eigenvalue weighted by Gasteiger charge is -2.19. The maximum Gasteiger partial charge on any atom is 0.253 e. The summed E-state index contributed by atoms with van der Waals surface area (Å²) in [6.45, 7) is 1.88. The van der Waals surface area contributed by atoms with Crippen LogP contribution in [0.4, 0.5) is 0 Å². The lowest BCUT2D eigenvalue weighted by Crippen LogP contribution is -2.30. The van der Waals surface area contributed by atoms with Gasteiger partial charge in [-0.15, -0.1) is 0 Å². The zero-order valence-electron chi connectivity index (χ0n) is 15.0. The van der Waals surface area contributed by atoms with Crippen LogP contribution in [0.25, 0.3) is 10.9 Å². The highest BCUT2D eigenvalue weighted by Gasteiger charge is 2.33. The highest BCUT2D eigenvalue weighted by atomic mass is 16.5. The Kier molecular flexibility index (Phi) is 4.33. The molecule has 0 bridgehead atoms. The summed E-state index contributed by atoms with van der Waals surface area (Å²) in [6.07, 6.45) is 2.32. The second-order valence-corrected chi connectivity index (χ2v) is 6.88. The van der Waals surface area contributed by atoms with Crippen LogP contribution >= 0.6 is 0 Å². The van der Waals surface area contributed by atoms with Crippen LogP contribution < -0.4 is 10.1 Å². The van der Waals surface area contributed by atoms with Gasteiger partial charge in [-0.2, -0.15) is 0 Å². The molecule has 4 nitrogen and oxygen atoms in total. The number of aryl methyl sites for hydroxylation is 1. The van der Waals surface area contributed by atoms with Crippen molar-refractivity contribution in [3.05, 3.63) is 71.4 Å². The molecule has 0 aliphatic heterocycles. The van der Waals surface area contributed by atoms with Gasteiger partial charge in [0.2, 0.25) is 0 Å². The molecular weight excluding hydrogens is 324 g/mol. The van der Waals surface area contributed by atoms with E-state index in [9.17, 15) is 4.79 Å². The minimum atomic E-state index is -0.0690. The van der Waals surface area contributed by atoms with Crippen LogP contribution in [-0.4, -0.2) is 18.0 Å². The van der Waals surface area contributed by atoms with E-state index in [0.717, 1.165) is 40.8 Å². The van der Waals surface area contributed by atoms with Crippen LogP contribution in [0, 0.1) is 12.8 Å². The summed E-state index contributed by atoms with van der Waals surface area (Å²) >= 11 is 0. The van der Waals surface area contributed by atoms with Crippen LogP contribution in [-0.2, 0) is 0 Å². The largest absolute Gasteiger partial charge is 0.497 e. The molecule has 26 heavy (non-hydrogen) atoms. The monoisotopic (exact) mass is 346 g/mol. The summed E-state index contributed by atoms with van der Waals surface area (Å²) in [5.74, 6) is 1.21. The SMILES string of the molecule is COc1ccc2nc(C)c(C(=O)N[C@H](c3ccccc3)C3CC3)cc2c1. The summed E-state index contributed by atoms with van der Waals surface area (Å²) in [6, 6.07) is 17.9. The first-order valence-corrected chi connectivity index (χ1v) is 8.97. The number of ether oxygens (including phenoxy) is 1. The molecule has 132 valence electrons. The highest BCUT2D eigenvalue weighted by molar-refractivity contribution is 5.99. The molecular formula is C22H22N2O2. The number of carbonyl (C=O) groups excluding carboxylic acids is 1. The molecule has 1 N–H and O–H groups in total. The molecule has 1 heterocycles. The zero-order chi connectivity index (χ0) is 18.1. The van der Waals surface area contributed by atoms with Crippen LogP contribution in [0.3, 0.4) is 0 Å². The van der Waals surface area contributed by atoms with Gasteiger partial charge in [0.25, 0.3) is 5.91 Å². The number of fused-ring (bicyclic) bond motifs is 1. The molecule has 0 spiro atoms. The minimum Gasteiger partial charge on any atom is -0.497 e. The second kappa shape index (κ2) is 6.79. The van der Waals surface area contributed by atoms with Crippen LogP contribution in [0.5, 0.6) is 5.75 Å². The number of methoxy groups -OCH3 is 1. The van der Waals surface area contributed by atoms with E-state index in [1.54, 1.807) is 7.11 Å². The molecule has 0 unspecified atom stereocenters. The number of aromatic nitrogens is 1. The Morgan fingerprint density at radius 2 is 1.92 bits per heavy atom. The molecule has 0 saturated heterocycles. The summed E-state index contributed by atoms with van der Waals surface area (Å²) in [5.41, 5.74) is 3.38. The van der Waals surface area contributed by atoms with Gasteiger partial charge in [0.05, 0.1) is 29.9 Å². The van der Waals surface area contributed by atoms with E-state index in [-0.39, 0.29) is 11.9 Å². The molecule has 1 amide bonds. The maximum absolute atomic E-state index is 13.0. The predicted octanol–water partition coefficient (Wildman–Crippen LogP) is 4.43. The molecule has 1 saturated carbocycles. The van der Waals surface area contributed by atoms with Gasteiger partial charge in [-0.3, -0.25) is 9.78 Å². The fourth-order valence-corrected chi connectivity index (χ4v) is 3.39. The number of amides is 1. The van der Waals surface area contributed by atoms with Crippen molar-refractivity contribution in [3.63, 3.8) is 0 Å². The van der Waals surface area contributed by atoms with Gasteiger partial charge in [-0.25, -0.2) is 0 Å². The Balaban J connectivity index is 1.65. The first kappa shape index (κ1) is 16.6. The van der Waals surface area contributed by atoms with Crippen molar-refractivity contribution in [3.8, 4) is 5.75 Å². The quantitative estimate of drug-likeness (QED) is 0.743. The number of pyridine rings is 1. The van der Waals surface area contributed by atoms with Crippen molar-refractivity contribution in [2.45, 2.75) is 25.8 Å². The average Bonchev–Trinajstić information content (AvgIpc) is 3.50. The van der Waals surface area contributed by atoms with Crippen molar-refractivity contribution >= 4 is 16.8 Å². The molecule has 1 aliphatic rings. The lowest BCUT2D eigenvalue weighted by molar-refractivity contribution is 0.0931. The average molecular weight is 346 g/mol. The number of hydrogen-bond donors (Lipinski definition) is 1. The van der Waals surface area contributed by atoms with Crippen molar-refractivity contribution in [1.82, 2.24) is 10.3 Å². The Morgan fingerprint density at radius 3 is 2.62 bits per heavy atom. The Hall–Kier alpha value is -2.88. The third-order valence-electron chi connectivity index (χ3n) is 5.00. The summed E-state index contributed by atoms with van der Waals surface area (Å²) in [5, 5.41) is 4.14. The smallest absolute Gasteiger partial charge is 0.253 e. The van der Waals surface area contributed by atoms with Crippen LogP contribution in [0.2, 0.25) is 0 Å². The van der Waals surface area contributed by atoms with Gasteiger partial charge < -0.3 is 10.1 Å². The Morgan fingerprint density at radius 1 is 1.15 bits per heavy atom. The maximum atomic E-state index is 13.0. The molecule has 4 rings (SSSR count). The van der Waals surface area contributed by atoms with Crippen molar-refractivity contribution in [2.75, 3.05) is 7.11 Å². The summed E-state index contributed by atoms with van der Waals surface area (Å²) in [7, 11) is 1.64. The zero-order valence-corrected chi connectivity index (χ0v) is 15.0. The highest BCUT2D eigenvalue weighted by Crippen LogP contribution is 2.41. The topological polar surface area (TPSA) is 51.2 Å². The third-order valence-corrected chi connectivity index (χ3v) is 5.00. The van der Waals surface area contributed by atoms with Gasteiger partial charge in [0.15, 0.2) is 0 Å². The number of nitrogens with zero attached hydrogens (tertiary/aromatic N) is 1. The lowest BCUT2D eigenvalue weighted by atomic mass is 10.0. The van der Waals surface area contributed by atoms with Crippen molar-refractivity contribution in [2.24, 2.45) is 5.92 Å². The van der Waals surface area contributed by atoms with E-state index in [0.29, 0.717) is 11.5 Å². The number of carbonyl (C=O) groups is 1. The van der Waals surface area contributed by atoms with Crippen LogP contribution in [0.1, 0.15) is 40.5 Å². The first-order valence-electron chi connectivity index (χ1n) is 8.97. The molecule has 4 heteroatoms. The third kappa shape index (κ3) is 3.27. The molecule has 1 atom stereocenters. The first-order chi connectivity index (χ1) is 12.7. The Labute approximate surface area is 153 Å². The summed E-state index contributed by atoms with van der Waals surface area (Å²) in [4.78, 5) is 17.6. The second-order valence-electron chi connectivity index (χ2n) is 6.88. The van der Waals surface area contributed by atoms with Crippen molar-refractivity contribution < 1.29 is 9.53 Å². The van der Waals surface area contributed by atoms with E-state index in [1.807, 2.05) is 49.4 Å². The fraction of sp³-hybridized carbons (Fsp3) is 0.273. The van der Waals surface area contributed by atoms with E-state index in [1.165, 1.54) is 0 Å². The fourth-order valence-electron chi connectivity index (χ4n) is 3.39. The van der Waals surface area contributed by atoms with E-state index >= 15 is 0 Å². The standard InChI is InChI=1S/C22H22N2O2/c1-14-19(13-17-12-18(26-2)10-11-20(17)23-14)22(25)24-21(16-8-9-16)15-6-4-3-5-7-15/h3-7,10-13,16,21H,8-9H2,1-2H3,(H,24,25)/t21-/m1/s1. The van der Waals surface area contributed by atoms with E-state index in [4.69, 9.17) is 4.74 Å². The predicted molar refractivity (Wildman–Crippen MR) is 102 cm³/mol. The normalized spacial score (nSPS) is 14.8. The van der Waals surface area contributed by atoms with E-state index < -0.39 is 0 Å². The van der Waals surface area contributed by atoms with Gasteiger partial charge in [-0.1, -0.05) is 30.3 Å². The van der Waals surface area contributed by atoms with Crippen molar-refractivity contribution in [1.29, 1.82) is 0 Å². The Bertz CT molecular complexity index is 949. The molecule has 3 aromatic rings. The molecule has 2 aromatic carbocycles. The molecule has 1 aliphatic carbocycles. The summed E-state index contributed by atoms with van der Waals surface area (Å²) < 4.78 is 5.29. The van der Waals surface area contributed by atoms with Gasteiger partial charge in [-0.05, 0) is 55.5 Å². The van der Waals surface area contributed by atoms with E-state index in [2.05, 4.69) is 22.4 Å². The number of rotatable bonds is 5. The van der Waals surface area contributed by atoms with Gasteiger partial charge in [0.1, 0.15) is 5.75 Å². The van der Waals surface area contributed by atoms with Gasteiger partial charge >= 0.3 is 0 Å². The van der Waals surface area contributed by atoms with Gasteiger partial charge in [0, 0.05) is 5.39 Å². The molecule has 0 radical (unpaired) electrons. The minimum absolute atomic E-state index is 0.0594. The van der Waals surface area contributed by atoms with Crippen LogP contribution in [0.15, 0.2) is 54.6 Å².